The summed E-state index contributed by atoms with van der Waals surface area (Å²) in [6.45, 7) is 7.30. The number of benzene rings is 3. The largest absolute Gasteiger partial charge is 0.460 e. The molecule has 0 radical (unpaired) electrons. The summed E-state index contributed by atoms with van der Waals surface area (Å²) in [4.78, 5) is 12.4. The molecule has 3 rings (SSSR count). The van der Waals surface area contributed by atoms with E-state index in [2.05, 4.69) is 69.3 Å². The lowest BCUT2D eigenvalue weighted by molar-refractivity contribution is -0.146. The van der Waals surface area contributed by atoms with Crippen molar-refractivity contribution < 1.29 is 14.0 Å². The number of carbonyl (C=O) groups excluding carboxylic acids is 1. The van der Waals surface area contributed by atoms with Gasteiger partial charge in [0.05, 0.1) is 0 Å². The Kier molecular flexibility index (Phi) is 8.02. The lowest BCUT2D eigenvalue weighted by Gasteiger charge is -2.43. The third-order valence-electron chi connectivity index (χ3n) is 5.69. The number of ether oxygens (including phenoxy) is 1. The fraction of sp³-hybridized carbons (Fsp3) is 0.296. The molecule has 5 heteroatoms. The first-order valence-electron chi connectivity index (χ1n) is 11.1. The van der Waals surface area contributed by atoms with Crippen molar-refractivity contribution in [2.75, 3.05) is 6.61 Å². The molecule has 4 nitrogen and oxygen atoms in total. The maximum atomic E-state index is 12.4. The summed E-state index contributed by atoms with van der Waals surface area (Å²) >= 11 is 0. The molecular weight excluding hydrogens is 414 g/mol. The van der Waals surface area contributed by atoms with E-state index in [4.69, 9.17) is 14.9 Å². The molecule has 3 aromatic carbocycles. The second-order valence-electron chi connectivity index (χ2n) is 9.00. The summed E-state index contributed by atoms with van der Waals surface area (Å²) in [6.07, 6.45) is 0.401. The predicted molar refractivity (Wildman–Crippen MR) is 132 cm³/mol. The Morgan fingerprint density at radius 2 is 1.31 bits per heavy atom. The lowest BCUT2D eigenvalue weighted by atomic mass is 10.2. The highest BCUT2D eigenvalue weighted by Crippen LogP contribution is 2.36. The van der Waals surface area contributed by atoms with E-state index in [9.17, 15) is 4.79 Å². The molecule has 0 aliphatic carbocycles. The van der Waals surface area contributed by atoms with Crippen LogP contribution in [0.25, 0.3) is 0 Å². The van der Waals surface area contributed by atoms with Gasteiger partial charge >= 0.3 is 5.97 Å². The van der Waals surface area contributed by atoms with Gasteiger partial charge in [-0.1, -0.05) is 112 Å². The van der Waals surface area contributed by atoms with E-state index in [0.717, 1.165) is 5.56 Å². The summed E-state index contributed by atoms with van der Waals surface area (Å²) in [6, 6.07) is 29.8. The molecule has 0 aliphatic rings. The van der Waals surface area contributed by atoms with Gasteiger partial charge in [0, 0.05) is 6.61 Å². The molecule has 1 unspecified atom stereocenters. The minimum Gasteiger partial charge on any atom is -0.460 e. The van der Waals surface area contributed by atoms with Gasteiger partial charge in [0.15, 0.2) is 0 Å². The van der Waals surface area contributed by atoms with Crippen LogP contribution in [0.2, 0.25) is 5.04 Å². The first-order chi connectivity index (χ1) is 15.3. The van der Waals surface area contributed by atoms with Crippen molar-refractivity contribution in [2.24, 2.45) is 5.73 Å². The van der Waals surface area contributed by atoms with E-state index in [1.165, 1.54) is 10.4 Å². The second-order valence-corrected chi connectivity index (χ2v) is 13.3. The van der Waals surface area contributed by atoms with E-state index >= 15 is 0 Å². The molecule has 0 heterocycles. The molecule has 0 saturated heterocycles. The van der Waals surface area contributed by atoms with Crippen LogP contribution < -0.4 is 16.1 Å². The van der Waals surface area contributed by atoms with Gasteiger partial charge in [-0.05, 0) is 27.4 Å². The van der Waals surface area contributed by atoms with Gasteiger partial charge in [0.25, 0.3) is 8.32 Å². The van der Waals surface area contributed by atoms with Crippen LogP contribution >= 0.6 is 0 Å². The number of carbonyl (C=O) groups is 1. The van der Waals surface area contributed by atoms with Crippen molar-refractivity contribution >= 4 is 24.7 Å². The number of esters is 1. The van der Waals surface area contributed by atoms with Crippen LogP contribution in [-0.4, -0.2) is 26.9 Å². The SMILES string of the molecule is CC(C)(C)[Si](OCCC(N)C(=O)OCc1ccccc1)(c1ccccc1)c1ccccc1. The monoisotopic (exact) mass is 447 g/mol. The standard InChI is InChI=1S/C27H33NO3Si/c1-27(2,3)32(23-15-9-5-10-16-23,24-17-11-6-12-18-24)31-20-19-25(28)26(29)30-21-22-13-7-4-8-14-22/h4-18,25H,19-21,28H2,1-3H3. The van der Waals surface area contributed by atoms with Crippen molar-refractivity contribution in [2.45, 2.75) is 44.9 Å². The van der Waals surface area contributed by atoms with Crippen molar-refractivity contribution in [1.29, 1.82) is 0 Å². The maximum absolute atomic E-state index is 12.4. The Bertz CT molecular complexity index is 933. The molecule has 0 fully saturated rings. The van der Waals surface area contributed by atoms with Gasteiger partial charge in [-0.3, -0.25) is 4.79 Å². The second kappa shape index (κ2) is 10.7. The third-order valence-corrected chi connectivity index (χ3v) is 10.7. The Balaban J connectivity index is 1.74. The molecule has 32 heavy (non-hydrogen) atoms. The molecule has 0 aromatic heterocycles. The fourth-order valence-electron chi connectivity index (χ4n) is 4.05. The minimum atomic E-state index is -2.63. The molecule has 0 spiro atoms. The smallest absolute Gasteiger partial charge is 0.323 e. The lowest BCUT2D eigenvalue weighted by Crippen LogP contribution is -2.66. The normalized spacial score (nSPS) is 12.9. The zero-order valence-electron chi connectivity index (χ0n) is 19.2. The van der Waals surface area contributed by atoms with Gasteiger partial charge in [-0.25, -0.2) is 0 Å². The quantitative estimate of drug-likeness (QED) is 0.397. The average molecular weight is 448 g/mol. The highest BCUT2D eigenvalue weighted by atomic mass is 28.4. The summed E-state index contributed by atoms with van der Waals surface area (Å²) in [5, 5.41) is 2.30. The van der Waals surface area contributed by atoms with Crippen LogP contribution in [0.1, 0.15) is 32.8 Å². The van der Waals surface area contributed by atoms with Crippen molar-refractivity contribution in [3.8, 4) is 0 Å². The van der Waals surface area contributed by atoms with Crippen molar-refractivity contribution in [3.05, 3.63) is 96.6 Å². The Hall–Kier alpha value is -2.73. The summed E-state index contributed by atoms with van der Waals surface area (Å²) < 4.78 is 12.2. The predicted octanol–water partition coefficient (Wildman–Crippen LogP) is 4.02. The Labute approximate surface area is 192 Å². The number of nitrogens with two attached hydrogens (primary N) is 1. The van der Waals surface area contributed by atoms with Crippen LogP contribution in [0.15, 0.2) is 91.0 Å². The molecule has 0 amide bonds. The van der Waals surface area contributed by atoms with Gasteiger partial charge in [0.1, 0.15) is 12.6 Å². The van der Waals surface area contributed by atoms with Crippen LogP contribution in [0.5, 0.6) is 0 Å². The summed E-state index contributed by atoms with van der Waals surface area (Å²) in [5.41, 5.74) is 7.10. The number of hydrogen-bond donors (Lipinski definition) is 1. The van der Waals surface area contributed by atoms with E-state index in [-0.39, 0.29) is 11.6 Å². The average Bonchev–Trinajstić information content (AvgIpc) is 2.81. The van der Waals surface area contributed by atoms with E-state index in [1.54, 1.807) is 0 Å². The van der Waals surface area contributed by atoms with Crippen molar-refractivity contribution in [1.82, 2.24) is 0 Å². The van der Waals surface area contributed by atoms with E-state index < -0.39 is 20.3 Å². The van der Waals surface area contributed by atoms with E-state index in [1.807, 2.05) is 42.5 Å². The van der Waals surface area contributed by atoms with Gasteiger partial charge in [0.2, 0.25) is 0 Å². The van der Waals surface area contributed by atoms with Gasteiger partial charge < -0.3 is 14.9 Å². The minimum absolute atomic E-state index is 0.117. The molecule has 0 bridgehead atoms. The Morgan fingerprint density at radius 3 is 1.78 bits per heavy atom. The van der Waals surface area contributed by atoms with Crippen LogP contribution in [0.4, 0.5) is 0 Å². The summed E-state index contributed by atoms with van der Waals surface area (Å²) in [7, 11) is -2.63. The highest BCUT2D eigenvalue weighted by Gasteiger charge is 2.50. The molecular formula is C27H33NO3Si. The molecule has 2 N–H and O–H groups in total. The zero-order chi connectivity index (χ0) is 23.0. The van der Waals surface area contributed by atoms with Crippen LogP contribution in [-0.2, 0) is 20.6 Å². The third kappa shape index (κ3) is 5.54. The molecule has 3 aromatic rings. The van der Waals surface area contributed by atoms with Gasteiger partial charge in [-0.15, -0.1) is 0 Å². The number of rotatable bonds is 9. The van der Waals surface area contributed by atoms with Gasteiger partial charge in [-0.2, -0.15) is 0 Å². The maximum Gasteiger partial charge on any atom is 0.323 e. The van der Waals surface area contributed by atoms with Crippen LogP contribution in [0, 0.1) is 0 Å². The first kappa shape index (κ1) is 23.9. The van der Waals surface area contributed by atoms with E-state index in [0.29, 0.717) is 13.0 Å². The number of hydrogen-bond acceptors (Lipinski definition) is 4. The fourth-order valence-corrected chi connectivity index (χ4v) is 8.63. The van der Waals surface area contributed by atoms with Crippen LogP contribution in [0.3, 0.4) is 0 Å². The molecule has 0 saturated carbocycles. The topological polar surface area (TPSA) is 61.5 Å². The molecule has 1 atom stereocenters. The highest BCUT2D eigenvalue weighted by molar-refractivity contribution is 6.99. The van der Waals surface area contributed by atoms with Crippen molar-refractivity contribution in [3.63, 3.8) is 0 Å². The summed E-state index contributed by atoms with van der Waals surface area (Å²) in [5.74, 6) is -0.403. The molecule has 0 aliphatic heterocycles. The Morgan fingerprint density at radius 1 is 0.844 bits per heavy atom. The first-order valence-corrected chi connectivity index (χ1v) is 13.0. The zero-order valence-corrected chi connectivity index (χ0v) is 20.2. The molecule has 168 valence electrons.